The highest BCUT2D eigenvalue weighted by molar-refractivity contribution is 9.10. The van der Waals surface area contributed by atoms with E-state index in [1.165, 1.54) is 0 Å². The summed E-state index contributed by atoms with van der Waals surface area (Å²) in [6, 6.07) is 11.8. The standard InChI is InChI=1S/C24H30BrN3O4/c1-16(27-7-11-32-21-5-4-19(25)15-22(21)31-2)12-17-13-18-6-9-28(8-3-10-29)23(18)20(14-17)24(26)30/h4-6,9,13-16,27,29H,3,7-8,10-12H2,1-2H3,(H2,26,30)/t16-/m1/s1. The highest BCUT2D eigenvalue weighted by atomic mass is 79.9. The molecule has 172 valence electrons. The number of aromatic nitrogens is 1. The molecule has 2 aromatic carbocycles. The first-order valence-corrected chi connectivity index (χ1v) is 11.4. The van der Waals surface area contributed by atoms with Crippen molar-refractivity contribution in [3.05, 3.63) is 58.2 Å². The molecule has 0 fully saturated rings. The number of aliphatic hydroxyl groups is 1. The monoisotopic (exact) mass is 503 g/mol. The third-order valence-electron chi connectivity index (χ3n) is 5.26. The number of aryl methyl sites for hydroxylation is 1. The molecule has 0 radical (unpaired) electrons. The second kappa shape index (κ2) is 11.4. The molecule has 32 heavy (non-hydrogen) atoms. The average Bonchev–Trinajstić information content (AvgIpc) is 3.18. The van der Waals surface area contributed by atoms with Crippen LogP contribution in [0.25, 0.3) is 10.9 Å². The first-order valence-electron chi connectivity index (χ1n) is 10.6. The molecule has 0 unspecified atom stereocenters. The van der Waals surface area contributed by atoms with Gasteiger partial charge in [-0.1, -0.05) is 15.9 Å². The number of hydrogen-bond acceptors (Lipinski definition) is 5. The number of fused-ring (bicyclic) bond motifs is 1. The summed E-state index contributed by atoms with van der Waals surface area (Å²) in [5.74, 6) is 0.941. The zero-order valence-electron chi connectivity index (χ0n) is 18.4. The van der Waals surface area contributed by atoms with Gasteiger partial charge in [-0.05, 0) is 61.7 Å². The van der Waals surface area contributed by atoms with Crippen LogP contribution in [-0.2, 0) is 13.0 Å². The number of hydrogen-bond donors (Lipinski definition) is 3. The van der Waals surface area contributed by atoms with Gasteiger partial charge in [0.05, 0.1) is 18.2 Å². The number of aliphatic hydroxyl groups excluding tert-OH is 1. The topological polar surface area (TPSA) is 98.7 Å². The summed E-state index contributed by atoms with van der Waals surface area (Å²) >= 11 is 3.42. The molecule has 0 saturated carbocycles. The SMILES string of the molecule is COc1cc(Br)ccc1OCCN[C@H](C)Cc1cc(C(N)=O)c2c(ccn2CCCO)c1. The van der Waals surface area contributed by atoms with Gasteiger partial charge in [0.2, 0.25) is 0 Å². The number of nitrogens with one attached hydrogen (secondary N) is 1. The fourth-order valence-electron chi connectivity index (χ4n) is 3.80. The van der Waals surface area contributed by atoms with E-state index in [9.17, 15) is 4.79 Å². The van der Waals surface area contributed by atoms with Gasteiger partial charge in [-0.15, -0.1) is 0 Å². The first-order chi connectivity index (χ1) is 15.4. The van der Waals surface area contributed by atoms with Crippen molar-refractivity contribution in [1.82, 2.24) is 9.88 Å². The number of benzene rings is 2. The normalized spacial score (nSPS) is 12.1. The van der Waals surface area contributed by atoms with Crippen molar-refractivity contribution in [1.29, 1.82) is 0 Å². The van der Waals surface area contributed by atoms with Crippen molar-refractivity contribution in [2.24, 2.45) is 5.73 Å². The van der Waals surface area contributed by atoms with Crippen LogP contribution in [0.1, 0.15) is 29.3 Å². The number of carbonyl (C=O) groups excluding carboxylic acids is 1. The minimum absolute atomic E-state index is 0.102. The molecule has 0 bridgehead atoms. The van der Waals surface area contributed by atoms with Gasteiger partial charge in [-0.2, -0.15) is 0 Å². The van der Waals surface area contributed by atoms with E-state index < -0.39 is 5.91 Å². The molecule has 8 heteroatoms. The van der Waals surface area contributed by atoms with Crippen LogP contribution in [0.5, 0.6) is 11.5 Å². The maximum absolute atomic E-state index is 12.1. The number of nitrogens with two attached hydrogens (primary N) is 1. The minimum atomic E-state index is -0.446. The number of amides is 1. The lowest BCUT2D eigenvalue weighted by Gasteiger charge is -2.16. The molecule has 1 amide bonds. The van der Waals surface area contributed by atoms with Crippen molar-refractivity contribution >= 4 is 32.7 Å². The van der Waals surface area contributed by atoms with E-state index in [1.807, 2.05) is 41.1 Å². The lowest BCUT2D eigenvalue weighted by Crippen LogP contribution is -2.32. The van der Waals surface area contributed by atoms with Crippen LogP contribution in [0.15, 0.2) is 47.1 Å². The van der Waals surface area contributed by atoms with Gasteiger partial charge in [0, 0.05) is 41.8 Å². The van der Waals surface area contributed by atoms with Crippen molar-refractivity contribution in [3.63, 3.8) is 0 Å². The van der Waals surface area contributed by atoms with Crippen molar-refractivity contribution in [2.45, 2.75) is 32.4 Å². The Morgan fingerprint density at radius 1 is 1.25 bits per heavy atom. The lowest BCUT2D eigenvalue weighted by molar-refractivity contribution is 0.100. The molecule has 7 nitrogen and oxygen atoms in total. The van der Waals surface area contributed by atoms with Gasteiger partial charge in [0.25, 0.3) is 5.91 Å². The maximum atomic E-state index is 12.1. The summed E-state index contributed by atoms with van der Waals surface area (Å²) in [5.41, 5.74) is 8.06. The van der Waals surface area contributed by atoms with Gasteiger partial charge in [0.1, 0.15) is 6.61 Å². The van der Waals surface area contributed by atoms with E-state index in [-0.39, 0.29) is 12.6 Å². The Hall–Kier alpha value is -2.55. The third-order valence-corrected chi connectivity index (χ3v) is 5.76. The van der Waals surface area contributed by atoms with E-state index in [1.54, 1.807) is 7.11 Å². The molecule has 1 atom stereocenters. The molecule has 0 spiro atoms. The van der Waals surface area contributed by atoms with Crippen molar-refractivity contribution < 1.29 is 19.4 Å². The molecule has 0 aliphatic rings. The van der Waals surface area contributed by atoms with Gasteiger partial charge < -0.3 is 30.2 Å². The fourth-order valence-corrected chi connectivity index (χ4v) is 4.14. The second-order valence-electron chi connectivity index (χ2n) is 7.73. The van der Waals surface area contributed by atoms with Crippen LogP contribution >= 0.6 is 15.9 Å². The zero-order valence-corrected chi connectivity index (χ0v) is 20.0. The molecule has 1 aromatic heterocycles. The number of methoxy groups -OCH3 is 1. The largest absolute Gasteiger partial charge is 0.493 e. The number of rotatable bonds is 12. The molecular weight excluding hydrogens is 474 g/mol. The molecular formula is C24H30BrN3O4. The van der Waals surface area contributed by atoms with E-state index in [0.29, 0.717) is 43.2 Å². The molecule has 3 aromatic rings. The van der Waals surface area contributed by atoms with Crippen LogP contribution in [0.4, 0.5) is 0 Å². The lowest BCUT2D eigenvalue weighted by atomic mass is 10.0. The smallest absolute Gasteiger partial charge is 0.250 e. The molecule has 4 N–H and O–H groups in total. The summed E-state index contributed by atoms with van der Waals surface area (Å²) < 4.78 is 14.1. The Morgan fingerprint density at radius 3 is 2.78 bits per heavy atom. The molecule has 0 aliphatic heterocycles. The van der Waals surface area contributed by atoms with Gasteiger partial charge in [0.15, 0.2) is 11.5 Å². The van der Waals surface area contributed by atoms with Crippen LogP contribution in [0.2, 0.25) is 0 Å². The molecule has 1 heterocycles. The highest BCUT2D eigenvalue weighted by Crippen LogP contribution is 2.30. The van der Waals surface area contributed by atoms with Gasteiger partial charge in [-0.25, -0.2) is 0 Å². The number of nitrogens with zero attached hydrogens (tertiary/aromatic N) is 1. The predicted molar refractivity (Wildman–Crippen MR) is 130 cm³/mol. The maximum Gasteiger partial charge on any atom is 0.250 e. The minimum Gasteiger partial charge on any atom is -0.493 e. The molecule has 0 aliphatic carbocycles. The Kier molecular flexibility index (Phi) is 8.55. The Labute approximate surface area is 196 Å². The van der Waals surface area contributed by atoms with Gasteiger partial charge in [-0.3, -0.25) is 4.79 Å². The summed E-state index contributed by atoms with van der Waals surface area (Å²) in [7, 11) is 1.62. The van der Waals surface area contributed by atoms with Crippen molar-refractivity contribution in [2.75, 3.05) is 26.9 Å². The fraction of sp³-hybridized carbons (Fsp3) is 0.375. The van der Waals surface area contributed by atoms with E-state index >= 15 is 0 Å². The summed E-state index contributed by atoms with van der Waals surface area (Å²) in [5, 5.41) is 13.6. The predicted octanol–water partition coefficient (Wildman–Crippen LogP) is 3.49. The average molecular weight is 504 g/mol. The number of ether oxygens (including phenoxy) is 2. The Balaban J connectivity index is 1.60. The van der Waals surface area contributed by atoms with Crippen LogP contribution in [-0.4, -0.2) is 48.5 Å². The van der Waals surface area contributed by atoms with Gasteiger partial charge >= 0.3 is 0 Å². The highest BCUT2D eigenvalue weighted by Gasteiger charge is 2.14. The third kappa shape index (κ3) is 6.03. The molecule has 0 saturated heterocycles. The Bertz CT molecular complexity index is 1070. The van der Waals surface area contributed by atoms with E-state index in [2.05, 4.69) is 34.2 Å². The van der Waals surface area contributed by atoms with E-state index in [4.69, 9.17) is 20.3 Å². The number of halogens is 1. The number of primary amides is 1. The van der Waals surface area contributed by atoms with Crippen LogP contribution in [0, 0.1) is 0 Å². The second-order valence-corrected chi connectivity index (χ2v) is 8.65. The quantitative estimate of drug-likeness (QED) is 0.328. The summed E-state index contributed by atoms with van der Waals surface area (Å²) in [6.45, 7) is 4.01. The summed E-state index contributed by atoms with van der Waals surface area (Å²) in [4.78, 5) is 12.1. The first kappa shape index (κ1) is 24.1. The van der Waals surface area contributed by atoms with Crippen LogP contribution < -0.4 is 20.5 Å². The summed E-state index contributed by atoms with van der Waals surface area (Å²) in [6.07, 6.45) is 3.31. The van der Waals surface area contributed by atoms with Crippen molar-refractivity contribution in [3.8, 4) is 11.5 Å². The zero-order chi connectivity index (χ0) is 23.1. The molecule has 3 rings (SSSR count). The number of carbonyl (C=O) groups is 1. The Morgan fingerprint density at radius 2 is 2.06 bits per heavy atom. The van der Waals surface area contributed by atoms with Crippen LogP contribution in [0.3, 0.4) is 0 Å². The van der Waals surface area contributed by atoms with E-state index in [0.717, 1.165) is 27.4 Å².